The summed E-state index contributed by atoms with van der Waals surface area (Å²) >= 11 is 0. The first kappa shape index (κ1) is 17.2. The highest BCUT2D eigenvalue weighted by Gasteiger charge is 2.14. The van der Waals surface area contributed by atoms with Gasteiger partial charge in [-0.2, -0.15) is 0 Å². The minimum Gasteiger partial charge on any atom is -0.444 e. The van der Waals surface area contributed by atoms with Crippen LogP contribution in [0.5, 0.6) is 0 Å². The van der Waals surface area contributed by atoms with Gasteiger partial charge >= 0.3 is 6.09 Å². The van der Waals surface area contributed by atoms with Crippen LogP contribution >= 0.6 is 0 Å². The number of sulfone groups is 1. The molecule has 0 aromatic heterocycles. The van der Waals surface area contributed by atoms with Gasteiger partial charge in [0, 0.05) is 12.8 Å². The molecule has 0 atom stereocenters. The fraction of sp³-hybridized carbons (Fsp3) is 0.400. The highest BCUT2D eigenvalue weighted by atomic mass is 32.2. The molecule has 1 rings (SSSR count). The van der Waals surface area contributed by atoms with E-state index in [1.807, 2.05) is 0 Å². The Morgan fingerprint density at radius 3 is 2.57 bits per heavy atom. The zero-order chi connectivity index (χ0) is 16.1. The molecule has 1 aromatic carbocycles. The summed E-state index contributed by atoms with van der Waals surface area (Å²) in [4.78, 5) is 11.7. The predicted octanol–water partition coefficient (Wildman–Crippen LogP) is 2.63. The van der Waals surface area contributed by atoms with Gasteiger partial charge in [0.1, 0.15) is 5.60 Å². The van der Waals surface area contributed by atoms with Gasteiger partial charge in [0.25, 0.3) is 0 Å². The average molecular weight is 311 g/mol. The molecule has 0 heterocycles. The molecule has 116 valence electrons. The maximum absolute atomic E-state index is 11.4. The maximum Gasteiger partial charge on any atom is 0.407 e. The van der Waals surface area contributed by atoms with Crippen molar-refractivity contribution in [3.63, 3.8) is 0 Å². The second kappa shape index (κ2) is 6.76. The molecule has 0 bridgehead atoms. The third-order valence-electron chi connectivity index (χ3n) is 2.36. The molecule has 0 radical (unpaired) electrons. The molecule has 0 aliphatic heterocycles. The number of carbonyl (C=O) groups is 1. The van der Waals surface area contributed by atoms with Gasteiger partial charge < -0.3 is 10.1 Å². The number of hydrogen-bond donors (Lipinski definition) is 1. The topological polar surface area (TPSA) is 72.5 Å². The fourth-order valence-corrected chi connectivity index (χ4v) is 2.18. The molecule has 1 amide bonds. The number of amides is 1. The summed E-state index contributed by atoms with van der Waals surface area (Å²) in [6.45, 7) is 5.68. The van der Waals surface area contributed by atoms with Crippen LogP contribution in [-0.4, -0.2) is 32.9 Å². The molecule has 1 aromatic rings. The lowest BCUT2D eigenvalue weighted by Gasteiger charge is -2.19. The lowest BCUT2D eigenvalue weighted by molar-refractivity contribution is 0.0534. The number of nitrogens with one attached hydrogen (secondary N) is 1. The fourth-order valence-electron chi connectivity index (χ4n) is 1.50. The first-order valence-electron chi connectivity index (χ1n) is 6.51. The van der Waals surface area contributed by atoms with E-state index in [1.54, 1.807) is 57.2 Å². The van der Waals surface area contributed by atoms with E-state index in [2.05, 4.69) is 5.32 Å². The maximum atomic E-state index is 11.4. The van der Waals surface area contributed by atoms with Gasteiger partial charge in [-0.3, -0.25) is 0 Å². The van der Waals surface area contributed by atoms with Gasteiger partial charge in [0.2, 0.25) is 0 Å². The summed E-state index contributed by atoms with van der Waals surface area (Å²) in [6, 6.07) is 6.60. The lowest BCUT2D eigenvalue weighted by atomic mass is 10.2. The van der Waals surface area contributed by atoms with E-state index in [4.69, 9.17) is 4.74 Å². The summed E-state index contributed by atoms with van der Waals surface area (Å²) in [5.74, 6) is 0. The van der Waals surface area contributed by atoms with Crippen molar-refractivity contribution in [1.29, 1.82) is 0 Å². The third kappa shape index (κ3) is 6.94. The lowest BCUT2D eigenvalue weighted by Crippen LogP contribution is -2.32. The molecule has 0 saturated heterocycles. The van der Waals surface area contributed by atoms with Crippen LogP contribution in [-0.2, 0) is 14.6 Å². The summed E-state index contributed by atoms with van der Waals surface area (Å²) < 4.78 is 28.0. The molecule has 0 unspecified atom stereocenters. The number of hydrogen-bond acceptors (Lipinski definition) is 4. The highest BCUT2D eigenvalue weighted by molar-refractivity contribution is 7.90. The Hall–Kier alpha value is -1.82. The van der Waals surface area contributed by atoms with Crippen molar-refractivity contribution in [1.82, 2.24) is 5.32 Å². The molecule has 0 aliphatic rings. The minimum atomic E-state index is -3.21. The Labute approximate surface area is 125 Å². The Morgan fingerprint density at radius 2 is 2.00 bits per heavy atom. The summed E-state index contributed by atoms with van der Waals surface area (Å²) in [5.41, 5.74) is 0.223. The number of alkyl carbamates (subject to hydrolysis) is 1. The largest absolute Gasteiger partial charge is 0.444 e. The van der Waals surface area contributed by atoms with Crippen LogP contribution in [0.1, 0.15) is 26.3 Å². The summed E-state index contributed by atoms with van der Waals surface area (Å²) in [6.07, 6.45) is 4.15. The Morgan fingerprint density at radius 1 is 1.33 bits per heavy atom. The molecule has 6 heteroatoms. The van der Waals surface area contributed by atoms with E-state index >= 15 is 0 Å². The Kier molecular flexibility index (Phi) is 5.54. The van der Waals surface area contributed by atoms with Crippen LogP contribution in [0.15, 0.2) is 35.2 Å². The zero-order valence-corrected chi connectivity index (χ0v) is 13.5. The quantitative estimate of drug-likeness (QED) is 0.927. The molecule has 5 nitrogen and oxygen atoms in total. The molecule has 0 fully saturated rings. The summed E-state index contributed by atoms with van der Waals surface area (Å²) in [5, 5.41) is 2.59. The van der Waals surface area contributed by atoms with Crippen LogP contribution in [0.2, 0.25) is 0 Å². The normalized spacial score (nSPS) is 12.4. The van der Waals surface area contributed by atoms with Gasteiger partial charge in [-0.05, 0) is 38.5 Å². The third-order valence-corrected chi connectivity index (χ3v) is 3.47. The van der Waals surface area contributed by atoms with Crippen LogP contribution in [0.3, 0.4) is 0 Å². The first-order valence-corrected chi connectivity index (χ1v) is 8.40. The molecule has 1 N–H and O–H groups in total. The van der Waals surface area contributed by atoms with Gasteiger partial charge in [-0.1, -0.05) is 24.3 Å². The molecular formula is C15H21NO4S. The minimum absolute atomic E-state index is 0.268. The summed E-state index contributed by atoms with van der Waals surface area (Å²) in [7, 11) is -3.21. The second-order valence-corrected chi connectivity index (χ2v) is 7.65. The first-order chi connectivity index (χ1) is 9.58. The van der Waals surface area contributed by atoms with Crippen molar-refractivity contribution in [2.75, 3.05) is 12.8 Å². The van der Waals surface area contributed by atoms with E-state index < -0.39 is 21.5 Å². The predicted molar refractivity (Wildman–Crippen MR) is 82.8 cm³/mol. The number of benzene rings is 1. The smallest absolute Gasteiger partial charge is 0.407 e. The van der Waals surface area contributed by atoms with Gasteiger partial charge in [0.05, 0.1) is 4.90 Å². The average Bonchev–Trinajstić information content (AvgIpc) is 2.32. The van der Waals surface area contributed by atoms with Gasteiger partial charge in [-0.15, -0.1) is 0 Å². The van der Waals surface area contributed by atoms with Crippen molar-refractivity contribution < 1.29 is 17.9 Å². The molecule has 21 heavy (non-hydrogen) atoms. The monoisotopic (exact) mass is 311 g/mol. The molecular weight excluding hydrogens is 290 g/mol. The van der Waals surface area contributed by atoms with E-state index in [9.17, 15) is 13.2 Å². The van der Waals surface area contributed by atoms with E-state index in [0.29, 0.717) is 6.54 Å². The van der Waals surface area contributed by atoms with Crippen LogP contribution in [0.25, 0.3) is 6.08 Å². The number of ether oxygens (including phenoxy) is 1. The van der Waals surface area contributed by atoms with Crippen molar-refractivity contribution >= 4 is 22.0 Å². The van der Waals surface area contributed by atoms with Crippen molar-refractivity contribution in [3.8, 4) is 0 Å². The zero-order valence-electron chi connectivity index (χ0n) is 12.7. The van der Waals surface area contributed by atoms with Crippen LogP contribution < -0.4 is 5.32 Å². The van der Waals surface area contributed by atoms with Crippen molar-refractivity contribution in [3.05, 3.63) is 35.9 Å². The SMILES string of the molecule is CC(C)(C)OC(=O)NCC=Cc1cccc(S(C)(=O)=O)c1. The Bertz CT molecular complexity index is 627. The number of rotatable bonds is 4. The van der Waals surface area contributed by atoms with Crippen LogP contribution in [0.4, 0.5) is 4.79 Å². The van der Waals surface area contributed by atoms with E-state index in [-0.39, 0.29) is 4.90 Å². The Balaban J connectivity index is 2.57. The van der Waals surface area contributed by atoms with E-state index in [0.717, 1.165) is 5.56 Å². The number of carbonyl (C=O) groups excluding carboxylic acids is 1. The molecule has 0 saturated carbocycles. The van der Waals surface area contributed by atoms with Gasteiger partial charge in [-0.25, -0.2) is 13.2 Å². The van der Waals surface area contributed by atoms with Crippen LogP contribution in [0, 0.1) is 0 Å². The molecule has 0 aliphatic carbocycles. The molecule has 0 spiro atoms. The van der Waals surface area contributed by atoms with Crippen molar-refractivity contribution in [2.24, 2.45) is 0 Å². The standard InChI is InChI=1S/C15H21NO4S/c1-15(2,3)20-14(17)16-10-6-8-12-7-5-9-13(11-12)21(4,18)19/h5-9,11H,10H2,1-4H3,(H,16,17). The van der Waals surface area contributed by atoms with Crippen molar-refractivity contribution in [2.45, 2.75) is 31.3 Å². The second-order valence-electron chi connectivity index (χ2n) is 5.63. The highest BCUT2D eigenvalue weighted by Crippen LogP contribution is 2.12. The van der Waals surface area contributed by atoms with Gasteiger partial charge in [0.15, 0.2) is 9.84 Å². The van der Waals surface area contributed by atoms with E-state index in [1.165, 1.54) is 6.26 Å².